The monoisotopic (exact) mass is 341 g/mol. The number of nitrogens with one attached hydrogen (secondary N) is 1. The molecule has 0 bridgehead atoms. The molecule has 1 aromatic carbocycles. The number of anilines is 1. The summed E-state index contributed by atoms with van der Waals surface area (Å²) in [5, 5.41) is 6.81. The van der Waals surface area contributed by atoms with Crippen LogP contribution in [0, 0.1) is 10.5 Å². The number of halogens is 1. The number of aromatic nitrogens is 2. The molecule has 1 heterocycles. The van der Waals surface area contributed by atoms with Crippen LogP contribution in [0.5, 0.6) is 0 Å². The smallest absolute Gasteiger partial charge is 0.258 e. The normalized spacial score (nSPS) is 10.3. The predicted octanol–water partition coefficient (Wildman–Crippen LogP) is 2.59. The van der Waals surface area contributed by atoms with Crippen molar-refractivity contribution in [1.82, 2.24) is 9.78 Å². The summed E-state index contributed by atoms with van der Waals surface area (Å²) in [6, 6.07) is 5.83. The summed E-state index contributed by atoms with van der Waals surface area (Å²) in [7, 11) is 1.78. The molecule has 1 N–H and O–H groups in total. The maximum Gasteiger partial charge on any atom is 0.258 e. The second-order valence-corrected chi connectivity index (χ2v) is 4.98. The predicted molar refractivity (Wildman–Crippen MR) is 75.1 cm³/mol. The number of amides is 1. The second kappa shape index (κ2) is 4.87. The third-order valence-corrected chi connectivity index (χ3v) is 3.56. The molecule has 1 aromatic heterocycles. The van der Waals surface area contributed by atoms with E-state index in [4.69, 9.17) is 0 Å². The van der Waals surface area contributed by atoms with Crippen molar-refractivity contribution in [2.45, 2.75) is 6.92 Å². The highest BCUT2D eigenvalue weighted by atomic mass is 127. The van der Waals surface area contributed by atoms with Gasteiger partial charge in [0.15, 0.2) is 0 Å². The molecule has 0 saturated carbocycles. The number of aryl methyl sites for hydroxylation is 2. The van der Waals surface area contributed by atoms with E-state index in [0.29, 0.717) is 5.56 Å². The van der Waals surface area contributed by atoms with Crippen LogP contribution in [0.15, 0.2) is 30.6 Å². The number of carbonyl (C=O) groups excluding carboxylic acids is 1. The van der Waals surface area contributed by atoms with Gasteiger partial charge in [0.05, 0.1) is 11.8 Å². The average molecular weight is 341 g/mol. The van der Waals surface area contributed by atoms with E-state index in [-0.39, 0.29) is 5.91 Å². The van der Waals surface area contributed by atoms with Crippen molar-refractivity contribution in [2.75, 3.05) is 5.32 Å². The van der Waals surface area contributed by atoms with E-state index in [0.717, 1.165) is 9.26 Å². The lowest BCUT2D eigenvalue weighted by Gasteiger charge is -2.05. The molecule has 0 radical (unpaired) electrons. The first-order chi connectivity index (χ1) is 8.06. The van der Waals surface area contributed by atoms with Gasteiger partial charge in [-0.1, -0.05) is 6.07 Å². The standard InChI is InChI=1S/C12H12IN3O/c1-8-3-4-10(5-11(8)13)15-12(17)9-6-14-16(2)7-9/h3-7H,1-2H3,(H,15,17). The van der Waals surface area contributed by atoms with Crippen molar-refractivity contribution in [3.63, 3.8) is 0 Å². The lowest BCUT2D eigenvalue weighted by Crippen LogP contribution is -2.11. The fourth-order valence-corrected chi connectivity index (χ4v) is 1.93. The Balaban J connectivity index is 2.15. The highest BCUT2D eigenvalue weighted by Gasteiger charge is 2.08. The number of rotatable bonds is 2. The van der Waals surface area contributed by atoms with Crippen LogP contribution in [0.25, 0.3) is 0 Å². The second-order valence-electron chi connectivity index (χ2n) is 3.82. The third-order valence-electron chi connectivity index (χ3n) is 2.40. The first-order valence-corrected chi connectivity index (χ1v) is 6.20. The van der Waals surface area contributed by atoms with Gasteiger partial charge in [-0.3, -0.25) is 9.48 Å². The van der Waals surface area contributed by atoms with Gasteiger partial charge in [0.2, 0.25) is 0 Å². The zero-order valence-electron chi connectivity index (χ0n) is 9.57. The summed E-state index contributed by atoms with van der Waals surface area (Å²) >= 11 is 2.25. The molecule has 0 atom stereocenters. The Kier molecular flexibility index (Phi) is 3.46. The van der Waals surface area contributed by atoms with Gasteiger partial charge < -0.3 is 5.32 Å². The minimum Gasteiger partial charge on any atom is -0.322 e. The van der Waals surface area contributed by atoms with Gasteiger partial charge in [0.1, 0.15) is 0 Å². The molecular weight excluding hydrogens is 329 g/mol. The fourth-order valence-electron chi connectivity index (χ4n) is 1.41. The van der Waals surface area contributed by atoms with Crippen LogP contribution >= 0.6 is 22.6 Å². The number of carbonyl (C=O) groups is 1. The SMILES string of the molecule is Cc1ccc(NC(=O)c2cnn(C)c2)cc1I. The van der Waals surface area contributed by atoms with Crippen LogP contribution in [0.2, 0.25) is 0 Å². The van der Waals surface area contributed by atoms with E-state index in [1.54, 1.807) is 24.1 Å². The number of hydrogen-bond donors (Lipinski definition) is 1. The van der Waals surface area contributed by atoms with Crippen molar-refractivity contribution < 1.29 is 4.79 Å². The van der Waals surface area contributed by atoms with Crippen LogP contribution in [-0.4, -0.2) is 15.7 Å². The summed E-state index contributed by atoms with van der Waals surface area (Å²) in [4.78, 5) is 11.9. The Morgan fingerprint density at radius 3 is 2.82 bits per heavy atom. The minimum atomic E-state index is -0.141. The van der Waals surface area contributed by atoms with Gasteiger partial charge >= 0.3 is 0 Å². The van der Waals surface area contributed by atoms with E-state index in [1.165, 1.54) is 5.56 Å². The average Bonchev–Trinajstić information content (AvgIpc) is 2.70. The van der Waals surface area contributed by atoms with Gasteiger partial charge in [-0.2, -0.15) is 5.10 Å². The van der Waals surface area contributed by atoms with E-state index in [9.17, 15) is 4.79 Å². The third kappa shape index (κ3) is 2.85. The minimum absolute atomic E-state index is 0.141. The summed E-state index contributed by atoms with van der Waals surface area (Å²) in [6.07, 6.45) is 3.24. The van der Waals surface area contributed by atoms with Crippen molar-refractivity contribution in [3.05, 3.63) is 45.3 Å². The first-order valence-electron chi connectivity index (χ1n) is 5.12. The topological polar surface area (TPSA) is 46.9 Å². The number of benzene rings is 1. The molecule has 88 valence electrons. The van der Waals surface area contributed by atoms with Crippen LogP contribution < -0.4 is 5.32 Å². The van der Waals surface area contributed by atoms with E-state index >= 15 is 0 Å². The van der Waals surface area contributed by atoms with E-state index in [2.05, 4.69) is 33.0 Å². The van der Waals surface area contributed by atoms with Gasteiger partial charge in [-0.15, -0.1) is 0 Å². The van der Waals surface area contributed by atoms with Crippen LogP contribution in [-0.2, 0) is 7.05 Å². The molecule has 2 aromatic rings. The summed E-state index contributed by atoms with van der Waals surface area (Å²) < 4.78 is 2.74. The van der Waals surface area contributed by atoms with Gasteiger partial charge in [0.25, 0.3) is 5.91 Å². The van der Waals surface area contributed by atoms with Crippen LogP contribution in [0.1, 0.15) is 15.9 Å². The van der Waals surface area contributed by atoms with Crippen LogP contribution in [0.3, 0.4) is 0 Å². The van der Waals surface area contributed by atoms with E-state index < -0.39 is 0 Å². The Morgan fingerprint density at radius 2 is 2.24 bits per heavy atom. The highest BCUT2D eigenvalue weighted by Crippen LogP contribution is 2.17. The molecular formula is C12H12IN3O. The zero-order valence-corrected chi connectivity index (χ0v) is 11.7. The molecule has 4 nitrogen and oxygen atoms in total. The van der Waals surface area contributed by atoms with Gasteiger partial charge in [-0.05, 0) is 47.2 Å². The zero-order chi connectivity index (χ0) is 12.4. The molecule has 0 spiro atoms. The molecule has 0 aliphatic heterocycles. The summed E-state index contributed by atoms with van der Waals surface area (Å²) in [6.45, 7) is 2.04. The lowest BCUT2D eigenvalue weighted by molar-refractivity contribution is 0.102. The Bertz CT molecular complexity index is 563. The largest absolute Gasteiger partial charge is 0.322 e. The number of hydrogen-bond acceptors (Lipinski definition) is 2. The Labute approximate surface area is 113 Å². The Morgan fingerprint density at radius 1 is 1.47 bits per heavy atom. The van der Waals surface area contributed by atoms with Gasteiger partial charge in [0, 0.05) is 22.5 Å². The van der Waals surface area contributed by atoms with Crippen molar-refractivity contribution >= 4 is 34.2 Å². The molecule has 0 aliphatic rings. The molecule has 0 aliphatic carbocycles. The molecule has 1 amide bonds. The maximum absolute atomic E-state index is 11.9. The van der Waals surface area contributed by atoms with Crippen molar-refractivity contribution in [2.24, 2.45) is 7.05 Å². The summed E-state index contributed by atoms with van der Waals surface area (Å²) in [5.41, 5.74) is 2.56. The number of nitrogens with zero attached hydrogens (tertiary/aromatic N) is 2. The lowest BCUT2D eigenvalue weighted by atomic mass is 10.2. The maximum atomic E-state index is 11.9. The van der Waals surface area contributed by atoms with Crippen molar-refractivity contribution in [1.29, 1.82) is 0 Å². The van der Waals surface area contributed by atoms with Crippen molar-refractivity contribution in [3.8, 4) is 0 Å². The molecule has 0 unspecified atom stereocenters. The quantitative estimate of drug-likeness (QED) is 0.854. The molecule has 17 heavy (non-hydrogen) atoms. The fraction of sp³-hybridized carbons (Fsp3) is 0.167. The Hall–Kier alpha value is -1.37. The van der Waals surface area contributed by atoms with Crippen LogP contribution in [0.4, 0.5) is 5.69 Å². The van der Waals surface area contributed by atoms with Gasteiger partial charge in [-0.25, -0.2) is 0 Å². The van der Waals surface area contributed by atoms with E-state index in [1.807, 2.05) is 25.1 Å². The molecule has 0 saturated heterocycles. The molecule has 0 fully saturated rings. The highest BCUT2D eigenvalue weighted by molar-refractivity contribution is 14.1. The molecule has 5 heteroatoms. The summed E-state index contributed by atoms with van der Waals surface area (Å²) in [5.74, 6) is -0.141. The first kappa shape index (κ1) is 12.1. The molecule has 2 rings (SSSR count).